The highest BCUT2D eigenvalue weighted by molar-refractivity contribution is 6.32. The van der Waals surface area contributed by atoms with E-state index in [0.717, 1.165) is 11.1 Å². The van der Waals surface area contributed by atoms with Crippen molar-refractivity contribution in [3.8, 4) is 0 Å². The highest BCUT2D eigenvalue weighted by atomic mass is 35.5. The summed E-state index contributed by atoms with van der Waals surface area (Å²) in [7, 11) is 1.82. The second-order valence-corrected chi connectivity index (χ2v) is 10.2. The van der Waals surface area contributed by atoms with Gasteiger partial charge in [-0.05, 0) is 48.0 Å². The molecule has 36 heavy (non-hydrogen) atoms. The molecule has 2 amide bonds. The van der Waals surface area contributed by atoms with Crippen LogP contribution < -0.4 is 10.2 Å². The zero-order chi connectivity index (χ0) is 25.4. The Kier molecular flexibility index (Phi) is 6.88. The fourth-order valence-electron chi connectivity index (χ4n) is 5.00. The first kappa shape index (κ1) is 24.9. The van der Waals surface area contributed by atoms with Gasteiger partial charge in [-0.25, -0.2) is 0 Å². The lowest BCUT2D eigenvalue weighted by Crippen LogP contribution is -2.52. The summed E-state index contributed by atoms with van der Waals surface area (Å²) in [6.45, 7) is 1.97. The van der Waals surface area contributed by atoms with Crippen LogP contribution in [0.1, 0.15) is 21.5 Å². The largest absolute Gasteiger partial charge is 0.378 e. The number of morpholine rings is 1. The van der Waals surface area contributed by atoms with Crippen LogP contribution in [0.3, 0.4) is 0 Å². The number of carbonyl (C=O) groups is 2. The zero-order valence-corrected chi connectivity index (χ0v) is 21.8. The van der Waals surface area contributed by atoms with E-state index in [-0.39, 0.29) is 11.8 Å². The Balaban J connectivity index is 1.67. The van der Waals surface area contributed by atoms with Crippen molar-refractivity contribution in [2.75, 3.05) is 43.6 Å². The molecule has 1 fully saturated rings. The first-order valence-corrected chi connectivity index (χ1v) is 12.7. The highest BCUT2D eigenvalue weighted by Crippen LogP contribution is 2.46. The van der Waals surface area contributed by atoms with Crippen molar-refractivity contribution in [1.82, 2.24) is 4.90 Å². The van der Waals surface area contributed by atoms with Crippen molar-refractivity contribution >= 4 is 58.0 Å². The van der Waals surface area contributed by atoms with Gasteiger partial charge in [0.1, 0.15) is 0 Å². The van der Waals surface area contributed by atoms with Gasteiger partial charge in [-0.15, -0.1) is 0 Å². The SMILES string of the molecule is CN(c1cc(Cl)ccc1C(=O)N1CCOCC1)C1(Cc2cccc(Cl)c2)C(=O)Nc2cc(Cl)ccc21. The average molecular weight is 545 g/mol. The van der Waals surface area contributed by atoms with Crippen molar-refractivity contribution in [1.29, 1.82) is 0 Å². The minimum absolute atomic E-state index is 0.135. The van der Waals surface area contributed by atoms with Crippen LogP contribution in [-0.2, 0) is 21.5 Å². The molecule has 0 aliphatic carbocycles. The minimum Gasteiger partial charge on any atom is -0.378 e. The number of amides is 2. The Morgan fingerprint density at radius 3 is 2.44 bits per heavy atom. The van der Waals surface area contributed by atoms with Gasteiger partial charge in [-0.3, -0.25) is 9.59 Å². The Hall–Kier alpha value is -2.77. The lowest BCUT2D eigenvalue weighted by molar-refractivity contribution is -0.120. The Morgan fingerprint density at radius 2 is 1.69 bits per heavy atom. The summed E-state index contributed by atoms with van der Waals surface area (Å²) < 4.78 is 5.42. The van der Waals surface area contributed by atoms with Crippen molar-refractivity contribution in [3.63, 3.8) is 0 Å². The standard InChI is InChI=1S/C27H24Cl3N3O3/c1-32(24-15-20(30)5-7-21(24)25(34)33-9-11-36-12-10-33)27(16-17-3-2-4-18(28)13-17)22-8-6-19(29)14-23(22)31-26(27)35/h2-8,13-15H,9-12,16H2,1H3,(H,31,35). The predicted octanol–water partition coefficient (Wildman–Crippen LogP) is 5.65. The van der Waals surface area contributed by atoms with Crippen LogP contribution in [-0.4, -0.2) is 50.1 Å². The lowest BCUT2D eigenvalue weighted by atomic mass is 9.82. The Bertz CT molecular complexity index is 1340. The maximum atomic E-state index is 13.9. The number of hydrogen-bond acceptors (Lipinski definition) is 4. The minimum atomic E-state index is -1.19. The number of benzene rings is 3. The summed E-state index contributed by atoms with van der Waals surface area (Å²) in [6, 6.07) is 17.9. The molecule has 0 spiro atoms. The summed E-state index contributed by atoms with van der Waals surface area (Å²) in [5.41, 5.74) is 2.09. The van der Waals surface area contributed by atoms with Gasteiger partial charge in [0.25, 0.3) is 11.8 Å². The lowest BCUT2D eigenvalue weighted by Gasteiger charge is -2.40. The van der Waals surface area contributed by atoms with Gasteiger partial charge < -0.3 is 19.9 Å². The summed E-state index contributed by atoms with van der Waals surface area (Å²) in [5, 5.41) is 4.55. The monoisotopic (exact) mass is 543 g/mol. The molecule has 0 saturated carbocycles. The van der Waals surface area contributed by atoms with E-state index in [1.165, 1.54) is 0 Å². The smallest absolute Gasteiger partial charge is 0.256 e. The summed E-state index contributed by atoms with van der Waals surface area (Å²) in [4.78, 5) is 31.1. The number of rotatable bonds is 5. The first-order valence-electron chi connectivity index (χ1n) is 11.6. The molecule has 1 saturated heterocycles. The Labute approximate surface area is 224 Å². The quantitative estimate of drug-likeness (QED) is 0.451. The second-order valence-electron chi connectivity index (χ2n) is 8.94. The van der Waals surface area contributed by atoms with Crippen LogP contribution >= 0.6 is 34.8 Å². The topological polar surface area (TPSA) is 61.9 Å². The number of nitrogens with one attached hydrogen (secondary N) is 1. The van der Waals surface area contributed by atoms with Gasteiger partial charge in [-0.1, -0.05) is 53.0 Å². The third-order valence-electron chi connectivity index (χ3n) is 6.82. The van der Waals surface area contributed by atoms with Crippen LogP contribution in [0.5, 0.6) is 0 Å². The predicted molar refractivity (Wildman–Crippen MR) is 143 cm³/mol. The molecule has 1 N–H and O–H groups in total. The van der Waals surface area contributed by atoms with Gasteiger partial charge in [-0.2, -0.15) is 0 Å². The van der Waals surface area contributed by atoms with Crippen LogP contribution in [0, 0.1) is 0 Å². The molecular weight excluding hydrogens is 521 g/mol. The number of likely N-dealkylation sites (N-methyl/N-ethyl adjacent to an activating group) is 1. The zero-order valence-electron chi connectivity index (χ0n) is 19.6. The van der Waals surface area contributed by atoms with Gasteiger partial charge in [0.05, 0.1) is 24.5 Å². The Morgan fingerprint density at radius 1 is 1.00 bits per heavy atom. The normalized spacial score (nSPS) is 19.1. The number of halogens is 3. The average Bonchev–Trinajstić information content (AvgIpc) is 3.14. The number of hydrogen-bond donors (Lipinski definition) is 1. The molecule has 0 bridgehead atoms. The van der Waals surface area contributed by atoms with Gasteiger partial charge >= 0.3 is 0 Å². The summed E-state index contributed by atoms with van der Waals surface area (Å²) in [6.07, 6.45) is 0.308. The van der Waals surface area contributed by atoms with Gasteiger partial charge in [0, 0.05) is 52.9 Å². The molecule has 1 atom stereocenters. The van der Waals surface area contributed by atoms with Crippen molar-refractivity contribution in [2.24, 2.45) is 0 Å². The fraction of sp³-hybridized carbons (Fsp3) is 0.259. The molecule has 5 rings (SSSR count). The molecule has 2 heterocycles. The maximum absolute atomic E-state index is 13.9. The summed E-state index contributed by atoms with van der Waals surface area (Å²) >= 11 is 19.0. The summed E-state index contributed by atoms with van der Waals surface area (Å²) in [5.74, 6) is -0.364. The van der Waals surface area contributed by atoms with E-state index in [1.54, 1.807) is 41.3 Å². The highest BCUT2D eigenvalue weighted by Gasteiger charge is 2.51. The van der Waals surface area contributed by atoms with E-state index in [9.17, 15) is 9.59 Å². The van der Waals surface area contributed by atoms with E-state index in [1.807, 2.05) is 36.2 Å². The first-order chi connectivity index (χ1) is 17.3. The van der Waals surface area contributed by atoms with Gasteiger partial charge in [0.15, 0.2) is 5.54 Å². The van der Waals surface area contributed by atoms with Crippen molar-refractivity contribution in [3.05, 3.63) is 92.4 Å². The molecule has 2 aliphatic rings. The second kappa shape index (κ2) is 9.94. The number of fused-ring (bicyclic) bond motifs is 1. The fourth-order valence-corrected chi connectivity index (χ4v) is 5.55. The van der Waals surface area contributed by atoms with Crippen LogP contribution in [0.15, 0.2) is 60.7 Å². The molecule has 3 aromatic carbocycles. The van der Waals surface area contributed by atoms with Crippen molar-refractivity contribution in [2.45, 2.75) is 12.0 Å². The molecule has 2 aliphatic heterocycles. The maximum Gasteiger partial charge on any atom is 0.256 e. The molecular formula is C27H24Cl3N3O3. The van der Waals surface area contributed by atoms with Crippen molar-refractivity contribution < 1.29 is 14.3 Å². The third kappa shape index (κ3) is 4.43. The molecule has 6 nitrogen and oxygen atoms in total. The molecule has 1 unspecified atom stereocenters. The van der Waals surface area contributed by atoms with Crippen LogP contribution in [0.2, 0.25) is 15.1 Å². The van der Waals surface area contributed by atoms with E-state index in [4.69, 9.17) is 39.5 Å². The molecule has 3 aromatic rings. The van der Waals surface area contributed by atoms with E-state index in [0.29, 0.717) is 64.7 Å². The number of carbonyl (C=O) groups excluding carboxylic acids is 2. The number of ether oxygens (including phenoxy) is 1. The van der Waals surface area contributed by atoms with Crippen LogP contribution in [0.4, 0.5) is 11.4 Å². The molecule has 9 heteroatoms. The third-order valence-corrected chi connectivity index (χ3v) is 7.53. The molecule has 186 valence electrons. The van der Waals surface area contributed by atoms with E-state index < -0.39 is 5.54 Å². The molecule has 0 aromatic heterocycles. The number of nitrogens with zero attached hydrogens (tertiary/aromatic N) is 2. The molecule has 0 radical (unpaired) electrons. The van der Waals surface area contributed by atoms with E-state index in [2.05, 4.69) is 5.32 Å². The number of anilines is 2. The van der Waals surface area contributed by atoms with Crippen LogP contribution in [0.25, 0.3) is 0 Å². The van der Waals surface area contributed by atoms with Gasteiger partial charge in [0.2, 0.25) is 0 Å². The van der Waals surface area contributed by atoms with E-state index >= 15 is 0 Å².